The van der Waals surface area contributed by atoms with E-state index in [1.807, 2.05) is 6.92 Å². The number of carboxylic acid groups (broad SMARTS) is 1. The lowest BCUT2D eigenvalue weighted by atomic mass is 10.0. The van der Waals surface area contributed by atoms with E-state index < -0.39 is 17.9 Å². The zero-order valence-electron chi connectivity index (χ0n) is 11.8. The zero-order valence-corrected chi connectivity index (χ0v) is 11.8. The second-order valence-electron chi connectivity index (χ2n) is 4.41. The van der Waals surface area contributed by atoms with Gasteiger partial charge >= 0.3 is 11.9 Å². The van der Waals surface area contributed by atoms with E-state index in [0.717, 1.165) is 6.42 Å². The lowest BCUT2D eigenvalue weighted by Crippen LogP contribution is -2.23. The van der Waals surface area contributed by atoms with Crippen LogP contribution in [0.1, 0.15) is 36.1 Å². The largest absolute Gasteiger partial charge is 0.481 e. The molecule has 0 aliphatic carbocycles. The lowest BCUT2D eigenvalue weighted by Gasteiger charge is -2.13. The minimum Gasteiger partial charge on any atom is -0.481 e. The number of nitrogens with zero attached hydrogens (tertiary/aromatic N) is 2. The van der Waals surface area contributed by atoms with Crippen LogP contribution in [-0.2, 0) is 9.53 Å². The third-order valence-corrected chi connectivity index (χ3v) is 2.74. The summed E-state index contributed by atoms with van der Waals surface area (Å²) in [6.45, 7) is 3.90. The maximum absolute atomic E-state index is 11.4. The second kappa shape index (κ2) is 7.42. The minimum absolute atomic E-state index is 0.0441. The first-order valence-corrected chi connectivity index (χ1v) is 6.38. The molecule has 1 rings (SSSR count). The number of aromatic nitrogens is 2. The molecular formula is C13H19N3O4. The first kappa shape index (κ1) is 15.9. The molecule has 110 valence electrons. The van der Waals surface area contributed by atoms with Gasteiger partial charge in [-0.3, -0.25) is 4.79 Å². The number of esters is 1. The highest BCUT2D eigenvalue weighted by Crippen LogP contribution is 2.11. The fourth-order valence-corrected chi connectivity index (χ4v) is 1.73. The standard InChI is InChI=1S/C13H19N3O4/c1-4-5-9(12(17)18)7-14-10-6-8(2)15-11(16-10)13(19)20-3/h6,9H,4-5,7H2,1-3H3,(H,17,18)(H,14,15,16). The average molecular weight is 281 g/mol. The predicted molar refractivity (Wildman–Crippen MR) is 72.6 cm³/mol. The quantitative estimate of drug-likeness (QED) is 0.730. The van der Waals surface area contributed by atoms with Crippen molar-refractivity contribution in [3.63, 3.8) is 0 Å². The molecule has 7 heteroatoms. The van der Waals surface area contributed by atoms with Gasteiger partial charge in [0.15, 0.2) is 0 Å². The monoisotopic (exact) mass is 281 g/mol. The number of carbonyl (C=O) groups is 2. The molecule has 0 bridgehead atoms. The Morgan fingerprint density at radius 3 is 2.70 bits per heavy atom. The summed E-state index contributed by atoms with van der Waals surface area (Å²) in [6, 6.07) is 1.65. The molecule has 7 nitrogen and oxygen atoms in total. The summed E-state index contributed by atoms with van der Waals surface area (Å²) in [6.07, 6.45) is 1.37. The van der Waals surface area contributed by atoms with Gasteiger partial charge in [-0.25, -0.2) is 14.8 Å². The summed E-state index contributed by atoms with van der Waals surface area (Å²) in [7, 11) is 1.25. The summed E-state index contributed by atoms with van der Waals surface area (Å²) >= 11 is 0. The van der Waals surface area contributed by atoms with Gasteiger partial charge in [-0.1, -0.05) is 13.3 Å². The first-order chi connectivity index (χ1) is 9.47. The number of aryl methyl sites for hydroxylation is 1. The minimum atomic E-state index is -0.849. The summed E-state index contributed by atoms with van der Waals surface area (Å²) in [5.74, 6) is -1.59. The van der Waals surface area contributed by atoms with Crippen LogP contribution in [0.25, 0.3) is 0 Å². The Balaban J connectivity index is 2.79. The Morgan fingerprint density at radius 1 is 1.45 bits per heavy atom. The molecule has 0 aliphatic heterocycles. The van der Waals surface area contributed by atoms with Crippen molar-refractivity contribution in [2.75, 3.05) is 19.0 Å². The smallest absolute Gasteiger partial charge is 0.376 e. The Kier molecular flexibility index (Phi) is 5.89. The van der Waals surface area contributed by atoms with Crippen LogP contribution >= 0.6 is 0 Å². The number of methoxy groups -OCH3 is 1. The molecule has 0 radical (unpaired) electrons. The number of hydrogen-bond acceptors (Lipinski definition) is 6. The van der Waals surface area contributed by atoms with Crippen molar-refractivity contribution in [1.82, 2.24) is 9.97 Å². The average Bonchev–Trinajstić information content (AvgIpc) is 2.41. The fourth-order valence-electron chi connectivity index (χ4n) is 1.73. The third-order valence-electron chi connectivity index (χ3n) is 2.74. The van der Waals surface area contributed by atoms with Crippen molar-refractivity contribution in [3.05, 3.63) is 17.6 Å². The molecule has 1 atom stereocenters. The molecule has 1 heterocycles. The van der Waals surface area contributed by atoms with Crippen LogP contribution in [0.3, 0.4) is 0 Å². The molecule has 1 aromatic rings. The van der Waals surface area contributed by atoms with Crippen LogP contribution in [0.5, 0.6) is 0 Å². The number of rotatable bonds is 7. The van der Waals surface area contributed by atoms with Crippen LogP contribution in [0.4, 0.5) is 5.82 Å². The predicted octanol–water partition coefficient (Wildman–Crippen LogP) is 1.48. The molecule has 0 spiro atoms. The molecule has 0 fully saturated rings. The molecule has 0 amide bonds. The molecule has 2 N–H and O–H groups in total. The topological polar surface area (TPSA) is 101 Å². The van der Waals surface area contributed by atoms with Gasteiger partial charge in [0, 0.05) is 18.3 Å². The number of nitrogens with one attached hydrogen (secondary N) is 1. The van der Waals surface area contributed by atoms with Gasteiger partial charge in [0.1, 0.15) is 5.82 Å². The lowest BCUT2D eigenvalue weighted by molar-refractivity contribution is -0.141. The molecule has 1 unspecified atom stereocenters. The molecule has 0 aromatic carbocycles. The van der Waals surface area contributed by atoms with E-state index in [-0.39, 0.29) is 12.4 Å². The number of carbonyl (C=O) groups excluding carboxylic acids is 1. The van der Waals surface area contributed by atoms with Crippen LogP contribution in [0.15, 0.2) is 6.07 Å². The summed E-state index contributed by atoms with van der Waals surface area (Å²) in [5, 5.41) is 12.0. The molecule has 20 heavy (non-hydrogen) atoms. The Labute approximate surface area is 117 Å². The van der Waals surface area contributed by atoms with Crippen LogP contribution < -0.4 is 5.32 Å². The van der Waals surface area contributed by atoms with E-state index in [0.29, 0.717) is 17.9 Å². The Hall–Kier alpha value is -2.18. The van der Waals surface area contributed by atoms with Gasteiger partial charge in [0.25, 0.3) is 0 Å². The zero-order chi connectivity index (χ0) is 15.1. The first-order valence-electron chi connectivity index (χ1n) is 6.38. The Morgan fingerprint density at radius 2 is 2.15 bits per heavy atom. The van der Waals surface area contributed by atoms with Crippen molar-refractivity contribution < 1.29 is 19.4 Å². The van der Waals surface area contributed by atoms with Gasteiger partial charge in [0.2, 0.25) is 5.82 Å². The highest BCUT2D eigenvalue weighted by Gasteiger charge is 2.17. The second-order valence-corrected chi connectivity index (χ2v) is 4.41. The van der Waals surface area contributed by atoms with E-state index in [1.165, 1.54) is 7.11 Å². The Bertz CT molecular complexity index is 491. The number of hydrogen-bond donors (Lipinski definition) is 2. The summed E-state index contributed by atoms with van der Waals surface area (Å²) in [5.41, 5.74) is 0.602. The third kappa shape index (κ3) is 4.49. The van der Waals surface area contributed by atoms with Crippen molar-refractivity contribution in [2.45, 2.75) is 26.7 Å². The number of ether oxygens (including phenoxy) is 1. The van der Waals surface area contributed by atoms with Gasteiger partial charge in [-0.05, 0) is 13.3 Å². The van der Waals surface area contributed by atoms with Gasteiger partial charge in [-0.2, -0.15) is 0 Å². The SMILES string of the molecule is CCCC(CNc1cc(C)nc(C(=O)OC)n1)C(=O)O. The van der Waals surface area contributed by atoms with E-state index >= 15 is 0 Å². The number of carboxylic acids is 1. The number of anilines is 1. The van der Waals surface area contributed by atoms with Crippen LogP contribution in [0.2, 0.25) is 0 Å². The molecule has 1 aromatic heterocycles. The molecule has 0 saturated heterocycles. The summed E-state index contributed by atoms with van der Waals surface area (Å²) < 4.78 is 4.56. The van der Waals surface area contributed by atoms with Gasteiger partial charge < -0.3 is 15.2 Å². The molecule has 0 aliphatic rings. The highest BCUT2D eigenvalue weighted by atomic mass is 16.5. The maximum atomic E-state index is 11.4. The normalized spacial score (nSPS) is 11.8. The van der Waals surface area contributed by atoms with E-state index in [1.54, 1.807) is 13.0 Å². The van der Waals surface area contributed by atoms with Gasteiger partial charge in [-0.15, -0.1) is 0 Å². The van der Waals surface area contributed by atoms with E-state index in [9.17, 15) is 9.59 Å². The van der Waals surface area contributed by atoms with Gasteiger partial charge in [0.05, 0.1) is 13.0 Å². The molecular weight excluding hydrogens is 262 g/mol. The fraction of sp³-hybridized carbons (Fsp3) is 0.538. The van der Waals surface area contributed by atoms with Crippen molar-refractivity contribution in [3.8, 4) is 0 Å². The number of aliphatic carboxylic acids is 1. The van der Waals surface area contributed by atoms with Crippen LogP contribution in [0, 0.1) is 12.8 Å². The summed E-state index contributed by atoms with van der Waals surface area (Å²) in [4.78, 5) is 30.4. The van der Waals surface area contributed by atoms with Crippen molar-refractivity contribution in [2.24, 2.45) is 5.92 Å². The van der Waals surface area contributed by atoms with Crippen molar-refractivity contribution >= 4 is 17.8 Å². The van der Waals surface area contributed by atoms with Crippen molar-refractivity contribution in [1.29, 1.82) is 0 Å². The molecule has 0 saturated carbocycles. The van der Waals surface area contributed by atoms with E-state index in [2.05, 4.69) is 20.0 Å². The highest BCUT2D eigenvalue weighted by molar-refractivity contribution is 5.85. The van der Waals surface area contributed by atoms with Crippen LogP contribution in [-0.4, -0.2) is 40.7 Å². The van der Waals surface area contributed by atoms with E-state index in [4.69, 9.17) is 5.11 Å². The maximum Gasteiger partial charge on any atom is 0.376 e.